The molecule has 1 atom stereocenters. The van der Waals surface area contributed by atoms with Crippen LogP contribution in [0.15, 0.2) is 42.7 Å². The van der Waals surface area contributed by atoms with Gasteiger partial charge in [0.05, 0.1) is 16.6 Å². The van der Waals surface area contributed by atoms with Gasteiger partial charge in [-0.05, 0) is 50.6 Å². The van der Waals surface area contributed by atoms with Crippen molar-refractivity contribution in [3.8, 4) is 0 Å². The third kappa shape index (κ3) is 4.39. The van der Waals surface area contributed by atoms with Crippen molar-refractivity contribution in [1.82, 2.24) is 14.8 Å². The molecule has 1 aromatic heterocycles. The van der Waals surface area contributed by atoms with Crippen LogP contribution in [0.5, 0.6) is 0 Å². The molecule has 0 aliphatic carbocycles. The minimum absolute atomic E-state index is 0.0112. The Balaban J connectivity index is 1.82. The van der Waals surface area contributed by atoms with Gasteiger partial charge in [0.15, 0.2) is 0 Å². The van der Waals surface area contributed by atoms with Crippen molar-refractivity contribution in [2.75, 3.05) is 20.6 Å². The lowest BCUT2D eigenvalue weighted by Crippen LogP contribution is -2.38. The van der Waals surface area contributed by atoms with Gasteiger partial charge in [-0.3, -0.25) is 9.78 Å². The first-order valence-corrected chi connectivity index (χ1v) is 9.07. The summed E-state index contributed by atoms with van der Waals surface area (Å²) in [6, 6.07) is 10.5. The topological polar surface area (TPSA) is 36.4 Å². The molecule has 2 aromatic rings. The number of piperidine rings is 1. The fourth-order valence-electron chi connectivity index (χ4n) is 3.43. The largest absolute Gasteiger partial charge is 0.332 e. The maximum atomic E-state index is 13.0. The number of hydrogen-bond donors (Lipinski definition) is 0. The molecular weight excluding hydrogens is 334 g/mol. The van der Waals surface area contributed by atoms with Crippen molar-refractivity contribution in [3.05, 3.63) is 64.4 Å². The second-order valence-electron chi connectivity index (χ2n) is 6.88. The molecule has 1 fully saturated rings. The lowest BCUT2D eigenvalue weighted by Gasteiger charge is -2.36. The standard InChI is InChI=1S/C20H24ClN3O/c1-23(2)14-15-6-8-16(9-7-15)19-5-3-4-10-24(19)20(25)17-11-18(21)13-22-12-17/h6-9,11-13,19H,3-5,10,14H2,1-2H3. The number of nitrogens with zero attached hydrogens (tertiary/aromatic N) is 3. The number of benzene rings is 1. The van der Waals surface area contributed by atoms with E-state index in [-0.39, 0.29) is 11.9 Å². The summed E-state index contributed by atoms with van der Waals surface area (Å²) < 4.78 is 0. The predicted molar refractivity (Wildman–Crippen MR) is 101 cm³/mol. The van der Waals surface area contributed by atoms with Gasteiger partial charge in [0, 0.05) is 25.5 Å². The number of pyridine rings is 1. The maximum absolute atomic E-state index is 13.0. The van der Waals surface area contributed by atoms with E-state index in [1.807, 2.05) is 4.90 Å². The van der Waals surface area contributed by atoms with Crippen molar-refractivity contribution in [2.24, 2.45) is 0 Å². The molecule has 1 aliphatic heterocycles. The van der Waals surface area contributed by atoms with Crippen LogP contribution in [0.2, 0.25) is 5.02 Å². The number of carbonyl (C=O) groups excluding carboxylic acids is 1. The summed E-state index contributed by atoms with van der Waals surface area (Å²) in [6.07, 6.45) is 6.32. The second-order valence-corrected chi connectivity index (χ2v) is 7.32. The Morgan fingerprint density at radius 1 is 1.24 bits per heavy atom. The molecule has 5 heteroatoms. The lowest BCUT2D eigenvalue weighted by atomic mass is 9.94. The van der Waals surface area contributed by atoms with Gasteiger partial charge in [0.1, 0.15) is 0 Å². The molecule has 4 nitrogen and oxygen atoms in total. The number of aromatic nitrogens is 1. The van der Waals surface area contributed by atoms with E-state index in [9.17, 15) is 4.79 Å². The fourth-order valence-corrected chi connectivity index (χ4v) is 3.60. The first-order valence-electron chi connectivity index (χ1n) is 8.69. The Labute approximate surface area is 154 Å². The first kappa shape index (κ1) is 17.9. The van der Waals surface area contributed by atoms with Gasteiger partial charge >= 0.3 is 0 Å². The molecule has 3 rings (SSSR count). The summed E-state index contributed by atoms with van der Waals surface area (Å²) >= 11 is 6.00. The van der Waals surface area contributed by atoms with E-state index in [0.717, 1.165) is 32.4 Å². The highest BCUT2D eigenvalue weighted by Gasteiger charge is 2.28. The number of likely N-dealkylation sites (tertiary alicyclic amines) is 1. The van der Waals surface area contributed by atoms with Gasteiger partial charge in [-0.1, -0.05) is 35.9 Å². The van der Waals surface area contributed by atoms with Crippen LogP contribution in [0.4, 0.5) is 0 Å². The van der Waals surface area contributed by atoms with E-state index in [0.29, 0.717) is 10.6 Å². The van der Waals surface area contributed by atoms with Gasteiger partial charge in [0.2, 0.25) is 0 Å². The average molecular weight is 358 g/mol. The Morgan fingerprint density at radius 3 is 2.68 bits per heavy atom. The third-order valence-corrected chi connectivity index (χ3v) is 4.79. The van der Waals surface area contributed by atoms with E-state index >= 15 is 0 Å². The molecule has 0 radical (unpaired) electrons. The number of rotatable bonds is 4. The number of hydrogen-bond acceptors (Lipinski definition) is 3. The fraction of sp³-hybridized carbons (Fsp3) is 0.400. The molecule has 0 N–H and O–H groups in total. The van der Waals surface area contributed by atoms with Crippen LogP contribution in [0.25, 0.3) is 0 Å². The highest BCUT2D eigenvalue weighted by atomic mass is 35.5. The first-order chi connectivity index (χ1) is 12.0. The number of amides is 1. The van der Waals surface area contributed by atoms with Gasteiger partial charge in [0.25, 0.3) is 5.91 Å². The SMILES string of the molecule is CN(C)Cc1ccc(C2CCCCN2C(=O)c2cncc(Cl)c2)cc1. The molecule has 25 heavy (non-hydrogen) atoms. The second kappa shape index (κ2) is 7.98. The van der Waals surface area contributed by atoms with Crippen molar-refractivity contribution >= 4 is 17.5 Å². The number of carbonyl (C=O) groups is 1. The third-order valence-electron chi connectivity index (χ3n) is 4.58. The smallest absolute Gasteiger partial charge is 0.255 e. The summed E-state index contributed by atoms with van der Waals surface area (Å²) in [5, 5.41) is 0.493. The predicted octanol–water partition coefficient (Wildman–Crippen LogP) is 4.16. The molecule has 0 bridgehead atoms. The highest BCUT2D eigenvalue weighted by molar-refractivity contribution is 6.30. The van der Waals surface area contributed by atoms with Crippen LogP contribution in [0.1, 0.15) is 46.8 Å². The Morgan fingerprint density at radius 2 is 2.00 bits per heavy atom. The van der Waals surface area contributed by atoms with Crippen LogP contribution in [-0.2, 0) is 6.54 Å². The molecule has 1 amide bonds. The van der Waals surface area contributed by atoms with Crippen LogP contribution >= 0.6 is 11.6 Å². The van der Waals surface area contributed by atoms with Crippen molar-refractivity contribution in [2.45, 2.75) is 31.8 Å². The summed E-state index contributed by atoms with van der Waals surface area (Å²) in [6.45, 7) is 1.69. The van der Waals surface area contributed by atoms with E-state index in [4.69, 9.17) is 11.6 Å². The minimum atomic E-state index is 0.0112. The van der Waals surface area contributed by atoms with Crippen molar-refractivity contribution in [1.29, 1.82) is 0 Å². The van der Waals surface area contributed by atoms with Crippen LogP contribution in [0.3, 0.4) is 0 Å². The van der Waals surface area contributed by atoms with Gasteiger partial charge in [-0.2, -0.15) is 0 Å². The summed E-state index contributed by atoms with van der Waals surface area (Å²) in [4.78, 5) is 21.1. The average Bonchev–Trinajstić information content (AvgIpc) is 2.61. The Hall–Kier alpha value is -1.91. The summed E-state index contributed by atoms with van der Waals surface area (Å²) in [7, 11) is 4.13. The molecular formula is C20H24ClN3O. The highest BCUT2D eigenvalue weighted by Crippen LogP contribution is 2.32. The van der Waals surface area contributed by atoms with E-state index < -0.39 is 0 Å². The van der Waals surface area contributed by atoms with Gasteiger partial charge in [-0.25, -0.2) is 0 Å². The molecule has 132 valence electrons. The van der Waals surface area contributed by atoms with Crippen LogP contribution in [-0.4, -0.2) is 41.3 Å². The molecule has 0 saturated carbocycles. The van der Waals surface area contributed by atoms with Crippen molar-refractivity contribution in [3.63, 3.8) is 0 Å². The molecule has 1 aliphatic rings. The van der Waals surface area contributed by atoms with Crippen LogP contribution in [0, 0.1) is 0 Å². The molecule has 0 spiro atoms. The lowest BCUT2D eigenvalue weighted by molar-refractivity contribution is 0.0611. The quantitative estimate of drug-likeness (QED) is 0.824. The van der Waals surface area contributed by atoms with E-state index in [1.54, 1.807) is 18.5 Å². The zero-order valence-electron chi connectivity index (χ0n) is 14.8. The molecule has 2 heterocycles. The maximum Gasteiger partial charge on any atom is 0.255 e. The van der Waals surface area contributed by atoms with Gasteiger partial charge < -0.3 is 9.80 Å². The zero-order chi connectivity index (χ0) is 17.8. The van der Waals surface area contributed by atoms with Crippen LogP contribution < -0.4 is 0 Å². The zero-order valence-corrected chi connectivity index (χ0v) is 15.5. The minimum Gasteiger partial charge on any atom is -0.332 e. The number of halogens is 1. The molecule has 1 saturated heterocycles. The van der Waals surface area contributed by atoms with E-state index in [2.05, 4.69) is 48.2 Å². The van der Waals surface area contributed by atoms with Gasteiger partial charge in [-0.15, -0.1) is 0 Å². The Kier molecular flexibility index (Phi) is 5.71. The normalized spacial score (nSPS) is 17.8. The Bertz CT molecular complexity index is 730. The monoisotopic (exact) mass is 357 g/mol. The summed E-state index contributed by atoms with van der Waals surface area (Å²) in [5.74, 6) is 0.0112. The van der Waals surface area contributed by atoms with Crippen molar-refractivity contribution < 1.29 is 4.79 Å². The summed E-state index contributed by atoms with van der Waals surface area (Å²) in [5.41, 5.74) is 3.04. The molecule has 1 unspecified atom stereocenters. The molecule has 1 aromatic carbocycles. The van der Waals surface area contributed by atoms with E-state index in [1.165, 1.54) is 11.1 Å².